The number of hydrogen-bond donors (Lipinski definition) is 2. The maximum atomic E-state index is 5.38. The number of halogens is 1. The molecule has 0 fully saturated rings. The van der Waals surface area contributed by atoms with Gasteiger partial charge in [-0.3, -0.25) is 0 Å². The standard InChI is InChI=1S/C19H30N6O2.HI/c1-5-27-13-12-21-19(22-14-18-24-23-15(2)25(18)3)20-11-10-16-6-8-17(26-4)9-7-16;/h6-9H,5,10-14H2,1-4H3,(H2,20,21,22);1H. The molecule has 2 aromatic rings. The highest BCUT2D eigenvalue weighted by Gasteiger charge is 2.05. The molecule has 0 aliphatic heterocycles. The van der Waals surface area contributed by atoms with Crippen LogP contribution in [0.1, 0.15) is 24.1 Å². The third-order valence-corrected chi connectivity index (χ3v) is 4.17. The molecule has 0 spiro atoms. The predicted octanol–water partition coefficient (Wildman–Crippen LogP) is 2.06. The number of methoxy groups -OCH3 is 1. The van der Waals surface area contributed by atoms with E-state index >= 15 is 0 Å². The SMILES string of the molecule is CCOCCNC(=NCc1nnc(C)n1C)NCCc1ccc(OC)cc1.I. The van der Waals surface area contributed by atoms with Gasteiger partial charge in [0.25, 0.3) is 0 Å². The van der Waals surface area contributed by atoms with E-state index in [2.05, 4.69) is 38.0 Å². The fraction of sp³-hybridized carbons (Fsp3) is 0.526. The first-order valence-electron chi connectivity index (χ1n) is 9.21. The van der Waals surface area contributed by atoms with E-state index < -0.39 is 0 Å². The molecule has 0 saturated carbocycles. The lowest BCUT2D eigenvalue weighted by molar-refractivity contribution is 0.152. The second-order valence-corrected chi connectivity index (χ2v) is 6.04. The van der Waals surface area contributed by atoms with Crippen LogP contribution in [0, 0.1) is 6.92 Å². The van der Waals surface area contributed by atoms with Crippen molar-refractivity contribution in [2.45, 2.75) is 26.8 Å². The van der Waals surface area contributed by atoms with Crippen molar-refractivity contribution < 1.29 is 9.47 Å². The van der Waals surface area contributed by atoms with Crippen LogP contribution in [0.15, 0.2) is 29.3 Å². The monoisotopic (exact) mass is 502 g/mol. The van der Waals surface area contributed by atoms with Gasteiger partial charge in [-0.05, 0) is 38.0 Å². The first-order valence-corrected chi connectivity index (χ1v) is 9.21. The largest absolute Gasteiger partial charge is 0.497 e. The normalized spacial score (nSPS) is 11.1. The van der Waals surface area contributed by atoms with Gasteiger partial charge in [0.2, 0.25) is 0 Å². The number of nitrogens with one attached hydrogen (secondary N) is 2. The van der Waals surface area contributed by atoms with E-state index in [0.29, 0.717) is 26.3 Å². The zero-order valence-corrected chi connectivity index (χ0v) is 19.4. The maximum absolute atomic E-state index is 5.38. The van der Waals surface area contributed by atoms with Gasteiger partial charge >= 0.3 is 0 Å². The molecule has 0 saturated heterocycles. The summed E-state index contributed by atoms with van der Waals surface area (Å²) in [6.07, 6.45) is 0.888. The molecule has 0 amide bonds. The Balaban J connectivity index is 0.00000392. The maximum Gasteiger partial charge on any atom is 0.191 e. The summed E-state index contributed by atoms with van der Waals surface area (Å²) in [5, 5.41) is 14.9. The Labute approximate surface area is 184 Å². The molecule has 0 aliphatic carbocycles. The Morgan fingerprint density at radius 1 is 1.14 bits per heavy atom. The summed E-state index contributed by atoms with van der Waals surface area (Å²) in [6, 6.07) is 8.09. The minimum Gasteiger partial charge on any atom is -0.497 e. The average molecular weight is 502 g/mol. The zero-order valence-electron chi connectivity index (χ0n) is 17.1. The summed E-state index contributed by atoms with van der Waals surface area (Å²) in [5.41, 5.74) is 1.24. The molecule has 0 atom stereocenters. The molecule has 1 heterocycles. The lowest BCUT2D eigenvalue weighted by Crippen LogP contribution is -2.40. The van der Waals surface area contributed by atoms with Gasteiger partial charge < -0.3 is 24.7 Å². The van der Waals surface area contributed by atoms with Gasteiger partial charge in [-0.25, -0.2) is 4.99 Å². The summed E-state index contributed by atoms with van der Waals surface area (Å²) >= 11 is 0. The van der Waals surface area contributed by atoms with Gasteiger partial charge in [-0.1, -0.05) is 12.1 Å². The molecule has 2 rings (SSSR count). The van der Waals surface area contributed by atoms with Crippen LogP contribution in [0.4, 0.5) is 0 Å². The number of benzene rings is 1. The third-order valence-electron chi connectivity index (χ3n) is 4.17. The zero-order chi connectivity index (χ0) is 19.5. The molecule has 28 heavy (non-hydrogen) atoms. The van der Waals surface area contributed by atoms with Crippen LogP contribution >= 0.6 is 24.0 Å². The van der Waals surface area contributed by atoms with E-state index in [0.717, 1.165) is 36.3 Å². The molecule has 0 unspecified atom stereocenters. The van der Waals surface area contributed by atoms with Crippen LogP contribution in [0.2, 0.25) is 0 Å². The minimum atomic E-state index is 0. The van der Waals surface area contributed by atoms with Crippen molar-refractivity contribution in [1.82, 2.24) is 25.4 Å². The summed E-state index contributed by atoms with van der Waals surface area (Å²) in [4.78, 5) is 4.62. The van der Waals surface area contributed by atoms with Gasteiger partial charge in [-0.2, -0.15) is 0 Å². The lowest BCUT2D eigenvalue weighted by atomic mass is 10.1. The van der Waals surface area contributed by atoms with Crippen LogP contribution < -0.4 is 15.4 Å². The lowest BCUT2D eigenvalue weighted by Gasteiger charge is -2.13. The van der Waals surface area contributed by atoms with Crippen molar-refractivity contribution in [3.8, 4) is 5.75 Å². The second-order valence-electron chi connectivity index (χ2n) is 6.04. The summed E-state index contributed by atoms with van der Waals surface area (Å²) in [7, 11) is 3.62. The summed E-state index contributed by atoms with van der Waals surface area (Å²) in [6.45, 7) is 7.18. The van der Waals surface area contributed by atoms with Crippen LogP contribution in [-0.4, -0.2) is 54.1 Å². The molecule has 0 aliphatic rings. The number of aliphatic imine (C=N–C) groups is 1. The average Bonchev–Trinajstić information content (AvgIpc) is 3.01. The molecule has 0 bridgehead atoms. The Morgan fingerprint density at radius 3 is 2.46 bits per heavy atom. The van der Waals surface area contributed by atoms with E-state index in [9.17, 15) is 0 Å². The quantitative estimate of drug-likeness (QED) is 0.224. The van der Waals surface area contributed by atoms with Crippen molar-refractivity contribution in [1.29, 1.82) is 0 Å². The van der Waals surface area contributed by atoms with Gasteiger partial charge in [0.15, 0.2) is 11.8 Å². The van der Waals surface area contributed by atoms with Gasteiger partial charge in [0, 0.05) is 26.7 Å². The molecule has 8 nitrogen and oxygen atoms in total. The molecular formula is C19H31IN6O2. The molecule has 156 valence electrons. The topological polar surface area (TPSA) is 85.6 Å². The van der Waals surface area contributed by atoms with Gasteiger partial charge in [0.05, 0.1) is 13.7 Å². The van der Waals surface area contributed by atoms with Crippen LogP contribution in [0.5, 0.6) is 5.75 Å². The van der Waals surface area contributed by atoms with Gasteiger partial charge in [-0.15, -0.1) is 34.2 Å². The highest BCUT2D eigenvalue weighted by Crippen LogP contribution is 2.11. The Bertz CT molecular complexity index is 718. The second kappa shape index (κ2) is 13.3. The van der Waals surface area contributed by atoms with Crippen molar-refractivity contribution >= 4 is 29.9 Å². The Morgan fingerprint density at radius 2 is 1.86 bits per heavy atom. The van der Waals surface area contributed by atoms with E-state index in [1.807, 2.05) is 37.6 Å². The van der Waals surface area contributed by atoms with Crippen LogP contribution in [0.25, 0.3) is 0 Å². The van der Waals surface area contributed by atoms with Crippen molar-refractivity contribution in [3.05, 3.63) is 41.5 Å². The summed E-state index contributed by atoms with van der Waals surface area (Å²) < 4.78 is 12.5. The van der Waals surface area contributed by atoms with E-state index in [1.165, 1.54) is 5.56 Å². The number of aryl methyl sites for hydroxylation is 1. The number of aromatic nitrogens is 3. The molecule has 0 radical (unpaired) electrons. The number of guanidine groups is 1. The number of rotatable bonds is 10. The highest BCUT2D eigenvalue weighted by molar-refractivity contribution is 14.0. The predicted molar refractivity (Wildman–Crippen MR) is 121 cm³/mol. The molecular weight excluding hydrogens is 471 g/mol. The first-order chi connectivity index (χ1) is 13.1. The molecule has 2 N–H and O–H groups in total. The smallest absolute Gasteiger partial charge is 0.191 e. The van der Waals surface area contributed by atoms with E-state index in [-0.39, 0.29) is 24.0 Å². The minimum absolute atomic E-state index is 0. The van der Waals surface area contributed by atoms with Crippen molar-refractivity contribution in [3.63, 3.8) is 0 Å². The van der Waals surface area contributed by atoms with E-state index in [4.69, 9.17) is 9.47 Å². The first kappa shape index (κ1) is 24.2. The highest BCUT2D eigenvalue weighted by atomic mass is 127. The van der Waals surface area contributed by atoms with Crippen LogP contribution in [-0.2, 0) is 24.8 Å². The third kappa shape index (κ3) is 8.01. The molecule has 1 aromatic carbocycles. The number of hydrogen-bond acceptors (Lipinski definition) is 5. The number of ether oxygens (including phenoxy) is 2. The van der Waals surface area contributed by atoms with Crippen molar-refractivity contribution in [2.24, 2.45) is 12.0 Å². The van der Waals surface area contributed by atoms with E-state index in [1.54, 1.807) is 7.11 Å². The van der Waals surface area contributed by atoms with Gasteiger partial charge in [0.1, 0.15) is 18.1 Å². The Kier molecular flexibility index (Phi) is 11.5. The summed E-state index contributed by atoms with van der Waals surface area (Å²) in [5.74, 6) is 3.31. The van der Waals surface area contributed by atoms with Crippen molar-refractivity contribution in [2.75, 3.05) is 33.4 Å². The fourth-order valence-corrected chi connectivity index (χ4v) is 2.42. The van der Waals surface area contributed by atoms with Crippen LogP contribution in [0.3, 0.4) is 0 Å². The molecule has 1 aromatic heterocycles. The molecule has 9 heteroatoms. The number of nitrogens with zero attached hydrogens (tertiary/aromatic N) is 4. The fourth-order valence-electron chi connectivity index (χ4n) is 2.42. The Hall–Kier alpha value is -1.88.